The fourth-order valence-electron chi connectivity index (χ4n) is 3.61. The van der Waals surface area contributed by atoms with Gasteiger partial charge in [-0.05, 0) is 19.3 Å². The molecule has 0 bridgehead atoms. The zero-order valence-corrected chi connectivity index (χ0v) is 14.4. The maximum Gasteiger partial charge on any atom is 0.143 e. The number of halogens is 1. The summed E-state index contributed by atoms with van der Waals surface area (Å²) in [7, 11) is 0. The molecule has 18 heavy (non-hydrogen) atoms. The molecule has 4 unspecified atom stereocenters. The number of nitrogens with one attached hydrogen (secondary N) is 2. The van der Waals surface area contributed by atoms with Gasteiger partial charge >= 0.3 is 0 Å². The standard InChI is InChI=1S/C14H24N2S.HI/c1-3-4-7-11-10(2)17-14-12-8-5-6-9-16(12)15-13(11)14;/h10-12,15H,3-9H2,1-2H3;1H. The lowest BCUT2D eigenvalue weighted by atomic mass is 9.94. The van der Waals surface area contributed by atoms with Gasteiger partial charge in [0, 0.05) is 17.6 Å². The molecule has 0 amide bonds. The lowest BCUT2D eigenvalue weighted by Crippen LogP contribution is -3.20. The average molecular weight is 380 g/mol. The monoisotopic (exact) mass is 380 g/mol. The van der Waals surface area contributed by atoms with Gasteiger partial charge < -0.3 is 24.0 Å². The Morgan fingerprint density at radius 1 is 1.39 bits per heavy atom. The summed E-state index contributed by atoms with van der Waals surface area (Å²) in [4.78, 5) is 1.73. The van der Waals surface area contributed by atoms with Gasteiger partial charge in [0.05, 0.1) is 17.1 Å². The molecule has 1 fully saturated rings. The van der Waals surface area contributed by atoms with Crippen LogP contribution in [-0.4, -0.2) is 17.8 Å². The highest BCUT2D eigenvalue weighted by atomic mass is 127. The minimum Gasteiger partial charge on any atom is -1.00 e. The third-order valence-corrected chi connectivity index (χ3v) is 6.06. The zero-order valence-electron chi connectivity index (χ0n) is 11.5. The SMILES string of the molecule is CCCCC1C2=C(SC1C)C1CCCC[NH+]1N2.[I-]. The lowest BCUT2D eigenvalue weighted by Gasteiger charge is -2.29. The number of hydrogen-bond donors (Lipinski definition) is 2. The van der Waals surface area contributed by atoms with E-state index in [-0.39, 0.29) is 24.0 Å². The van der Waals surface area contributed by atoms with Crippen molar-refractivity contribution in [3.63, 3.8) is 0 Å². The van der Waals surface area contributed by atoms with Crippen LogP contribution in [0.1, 0.15) is 52.4 Å². The number of fused-ring (bicyclic) bond motifs is 2. The van der Waals surface area contributed by atoms with Gasteiger partial charge in [0.15, 0.2) is 0 Å². The van der Waals surface area contributed by atoms with Crippen LogP contribution in [0.5, 0.6) is 0 Å². The molecule has 4 atom stereocenters. The van der Waals surface area contributed by atoms with E-state index in [4.69, 9.17) is 0 Å². The molecule has 0 aromatic carbocycles. The van der Waals surface area contributed by atoms with Crippen LogP contribution in [0, 0.1) is 5.92 Å². The maximum atomic E-state index is 3.82. The van der Waals surface area contributed by atoms with Gasteiger partial charge in [-0.2, -0.15) is 0 Å². The Balaban J connectivity index is 0.00000120. The van der Waals surface area contributed by atoms with Crippen molar-refractivity contribution in [2.75, 3.05) is 6.54 Å². The molecule has 104 valence electrons. The van der Waals surface area contributed by atoms with Crippen LogP contribution >= 0.6 is 11.8 Å². The topological polar surface area (TPSA) is 16.5 Å². The van der Waals surface area contributed by atoms with E-state index >= 15 is 0 Å². The molecule has 3 rings (SSSR count). The van der Waals surface area contributed by atoms with Crippen LogP contribution < -0.4 is 34.4 Å². The van der Waals surface area contributed by atoms with Gasteiger partial charge in [0.1, 0.15) is 6.04 Å². The van der Waals surface area contributed by atoms with Crippen LogP contribution in [0.3, 0.4) is 0 Å². The summed E-state index contributed by atoms with van der Waals surface area (Å²) in [5.74, 6) is 0.813. The first-order chi connectivity index (χ1) is 8.31. The summed E-state index contributed by atoms with van der Waals surface area (Å²) < 4.78 is 0. The molecule has 0 aliphatic carbocycles. The largest absolute Gasteiger partial charge is 1.00 e. The van der Waals surface area contributed by atoms with E-state index in [1.54, 1.807) is 15.6 Å². The van der Waals surface area contributed by atoms with Gasteiger partial charge in [-0.15, -0.1) is 11.8 Å². The number of hydrogen-bond acceptors (Lipinski definition) is 2. The van der Waals surface area contributed by atoms with Crippen molar-refractivity contribution in [2.24, 2.45) is 5.92 Å². The summed E-state index contributed by atoms with van der Waals surface area (Å²) in [5, 5.41) is 2.46. The lowest BCUT2D eigenvalue weighted by molar-refractivity contribution is -0.957. The highest BCUT2D eigenvalue weighted by Crippen LogP contribution is 2.46. The van der Waals surface area contributed by atoms with Crippen molar-refractivity contribution in [1.82, 2.24) is 5.43 Å². The zero-order chi connectivity index (χ0) is 11.8. The Labute approximate surface area is 132 Å². The van der Waals surface area contributed by atoms with Gasteiger partial charge in [-0.1, -0.05) is 26.7 Å². The molecule has 1 saturated heterocycles. The first-order valence-electron chi connectivity index (χ1n) is 7.34. The first-order valence-corrected chi connectivity index (χ1v) is 8.22. The summed E-state index contributed by atoms with van der Waals surface area (Å²) in [6.07, 6.45) is 8.34. The Hall–Kier alpha value is 0.580. The van der Waals surface area contributed by atoms with Crippen molar-refractivity contribution in [1.29, 1.82) is 0 Å². The summed E-state index contributed by atoms with van der Waals surface area (Å²) in [6, 6.07) is 0.804. The minimum atomic E-state index is 0. The molecule has 0 aromatic rings. The number of piperidine rings is 1. The van der Waals surface area contributed by atoms with E-state index < -0.39 is 0 Å². The fourth-order valence-corrected chi connectivity index (χ4v) is 5.21. The van der Waals surface area contributed by atoms with E-state index in [0.717, 1.165) is 17.2 Å². The van der Waals surface area contributed by atoms with Gasteiger partial charge in [0.2, 0.25) is 0 Å². The number of quaternary nitrogens is 1. The van der Waals surface area contributed by atoms with Crippen molar-refractivity contribution >= 4 is 11.8 Å². The van der Waals surface area contributed by atoms with E-state index in [2.05, 4.69) is 31.0 Å². The molecule has 0 radical (unpaired) electrons. The third kappa shape index (κ3) is 2.57. The second-order valence-corrected chi connectivity index (χ2v) is 7.22. The maximum absolute atomic E-state index is 3.82. The van der Waals surface area contributed by atoms with Crippen LogP contribution in [-0.2, 0) is 0 Å². The molecule has 0 aromatic heterocycles. The van der Waals surface area contributed by atoms with Crippen LogP contribution in [0.25, 0.3) is 0 Å². The predicted molar refractivity (Wildman–Crippen MR) is 73.7 cm³/mol. The first kappa shape index (κ1) is 15.0. The summed E-state index contributed by atoms with van der Waals surface area (Å²) >= 11 is 2.18. The molecule has 2 nitrogen and oxygen atoms in total. The molecule has 3 heterocycles. The van der Waals surface area contributed by atoms with Gasteiger partial charge in [-0.3, -0.25) is 0 Å². The number of unbranched alkanes of at least 4 members (excludes halogenated alkanes) is 1. The van der Waals surface area contributed by atoms with Gasteiger partial charge in [0.25, 0.3) is 0 Å². The minimum absolute atomic E-state index is 0. The van der Waals surface area contributed by atoms with E-state index in [9.17, 15) is 0 Å². The van der Waals surface area contributed by atoms with Crippen molar-refractivity contribution in [2.45, 2.75) is 63.7 Å². The molecular formula is C14H25IN2S. The fraction of sp³-hybridized carbons (Fsp3) is 0.857. The van der Waals surface area contributed by atoms with E-state index in [0.29, 0.717) is 0 Å². The predicted octanol–water partition coefficient (Wildman–Crippen LogP) is -0.901. The molecule has 3 aliphatic rings. The van der Waals surface area contributed by atoms with E-state index in [1.807, 2.05) is 0 Å². The molecule has 3 aliphatic heterocycles. The second-order valence-electron chi connectivity index (χ2n) is 5.80. The van der Waals surface area contributed by atoms with Crippen molar-refractivity contribution in [3.8, 4) is 0 Å². The number of allylic oxidation sites excluding steroid dienone is 1. The van der Waals surface area contributed by atoms with Crippen LogP contribution in [0.15, 0.2) is 10.6 Å². The Morgan fingerprint density at radius 2 is 2.22 bits per heavy atom. The normalized spacial score (nSPS) is 37.9. The van der Waals surface area contributed by atoms with Crippen molar-refractivity contribution in [3.05, 3.63) is 10.6 Å². The summed E-state index contributed by atoms with van der Waals surface area (Å²) in [5.41, 5.74) is 5.46. The molecule has 4 heteroatoms. The van der Waals surface area contributed by atoms with Crippen LogP contribution in [0.4, 0.5) is 0 Å². The molecule has 0 spiro atoms. The summed E-state index contributed by atoms with van der Waals surface area (Å²) in [6.45, 7) is 6.05. The third-order valence-electron chi connectivity index (χ3n) is 4.61. The Bertz CT molecular complexity index is 332. The Morgan fingerprint density at radius 3 is 3.00 bits per heavy atom. The number of thioether (sulfide) groups is 1. The molecule has 2 N–H and O–H groups in total. The van der Waals surface area contributed by atoms with Gasteiger partial charge in [-0.25, -0.2) is 10.4 Å². The second kappa shape index (κ2) is 6.35. The molecule has 0 saturated carbocycles. The smallest absolute Gasteiger partial charge is 0.143 e. The molecular weight excluding hydrogens is 355 g/mol. The van der Waals surface area contributed by atoms with Crippen molar-refractivity contribution < 1.29 is 29.0 Å². The average Bonchev–Trinajstić information content (AvgIpc) is 2.82. The highest BCUT2D eigenvalue weighted by molar-refractivity contribution is 8.04. The van der Waals surface area contributed by atoms with E-state index in [1.165, 1.54) is 45.1 Å². The Kier molecular flexibility index (Phi) is 5.29. The van der Waals surface area contributed by atoms with Crippen LogP contribution in [0.2, 0.25) is 0 Å². The number of rotatable bonds is 3. The highest BCUT2D eigenvalue weighted by Gasteiger charge is 2.46. The quantitative estimate of drug-likeness (QED) is 0.618.